The van der Waals surface area contributed by atoms with Gasteiger partial charge in [0.1, 0.15) is 16.4 Å². The molecule has 0 radical (unpaired) electrons. The van der Waals surface area contributed by atoms with Gasteiger partial charge in [-0.2, -0.15) is 0 Å². The summed E-state index contributed by atoms with van der Waals surface area (Å²) in [7, 11) is -2.65. The van der Waals surface area contributed by atoms with Gasteiger partial charge in [0, 0.05) is 17.3 Å². The number of methoxy groups -OCH3 is 1. The Morgan fingerprint density at radius 2 is 1.94 bits per heavy atom. The molecule has 1 saturated carbocycles. The third kappa shape index (κ3) is 4.53. The fourth-order valence-electron chi connectivity index (χ4n) is 3.40. The number of benzene rings is 2. The molecule has 2 aromatic rings. The molecular formula is C21H21ClN2O6S. The summed E-state index contributed by atoms with van der Waals surface area (Å²) in [5.41, 5.74) is 1.25. The van der Waals surface area contributed by atoms with Gasteiger partial charge in [-0.15, -0.1) is 0 Å². The molecule has 164 valence electrons. The SMILES string of the molecule is COC(=O)c1cc(C)c2c(c1)S(=O)(=O)Cc1cc(NC(=O)CNC3CC3)cc(Cl)c1O2. The van der Waals surface area contributed by atoms with E-state index in [4.69, 9.17) is 21.1 Å². The van der Waals surface area contributed by atoms with Gasteiger partial charge < -0.3 is 20.1 Å². The zero-order valence-corrected chi connectivity index (χ0v) is 18.5. The summed E-state index contributed by atoms with van der Waals surface area (Å²) >= 11 is 6.40. The quantitative estimate of drug-likeness (QED) is 0.653. The number of carbonyl (C=O) groups excluding carboxylic acids is 2. The van der Waals surface area contributed by atoms with Crippen LogP contribution in [0.1, 0.15) is 34.3 Å². The van der Waals surface area contributed by atoms with E-state index in [0.29, 0.717) is 22.9 Å². The first-order valence-electron chi connectivity index (χ1n) is 9.67. The molecule has 1 heterocycles. The van der Waals surface area contributed by atoms with E-state index >= 15 is 0 Å². The Morgan fingerprint density at radius 1 is 1.19 bits per heavy atom. The number of aryl methyl sites for hydroxylation is 1. The second kappa shape index (κ2) is 8.14. The zero-order chi connectivity index (χ0) is 22.3. The second-order valence-corrected chi connectivity index (χ2v) is 9.99. The van der Waals surface area contributed by atoms with E-state index in [0.717, 1.165) is 12.8 Å². The Balaban J connectivity index is 1.69. The molecule has 0 unspecified atom stereocenters. The van der Waals surface area contributed by atoms with Gasteiger partial charge in [-0.25, -0.2) is 13.2 Å². The second-order valence-electron chi connectivity index (χ2n) is 7.62. The number of sulfone groups is 1. The van der Waals surface area contributed by atoms with Crippen LogP contribution in [0.5, 0.6) is 11.5 Å². The topological polar surface area (TPSA) is 111 Å². The maximum absolute atomic E-state index is 13.1. The smallest absolute Gasteiger partial charge is 0.337 e. The number of hydrogen-bond acceptors (Lipinski definition) is 7. The van der Waals surface area contributed by atoms with Crippen LogP contribution in [0.4, 0.5) is 5.69 Å². The number of anilines is 1. The van der Waals surface area contributed by atoms with Gasteiger partial charge in [0.25, 0.3) is 0 Å². The highest BCUT2D eigenvalue weighted by Gasteiger charge is 2.31. The van der Waals surface area contributed by atoms with Crippen molar-refractivity contribution in [3.05, 3.63) is 46.0 Å². The fourth-order valence-corrected chi connectivity index (χ4v) is 5.25. The van der Waals surface area contributed by atoms with Crippen molar-refractivity contribution in [1.29, 1.82) is 0 Å². The third-order valence-electron chi connectivity index (χ3n) is 5.08. The predicted octanol–water partition coefficient (Wildman–Crippen LogP) is 3.21. The van der Waals surface area contributed by atoms with Gasteiger partial charge in [0.2, 0.25) is 5.91 Å². The van der Waals surface area contributed by atoms with Gasteiger partial charge in [-0.3, -0.25) is 4.79 Å². The highest BCUT2D eigenvalue weighted by atomic mass is 35.5. The van der Waals surface area contributed by atoms with E-state index in [1.165, 1.54) is 31.4 Å². The van der Waals surface area contributed by atoms with Crippen LogP contribution in [0.15, 0.2) is 29.2 Å². The molecule has 0 spiro atoms. The van der Waals surface area contributed by atoms with Crippen LogP contribution in [0.2, 0.25) is 5.02 Å². The molecule has 0 saturated heterocycles. The Kier molecular flexibility index (Phi) is 5.67. The van der Waals surface area contributed by atoms with Gasteiger partial charge in [-0.05, 0) is 49.6 Å². The highest BCUT2D eigenvalue weighted by molar-refractivity contribution is 7.90. The molecule has 0 bridgehead atoms. The minimum atomic E-state index is -3.87. The van der Waals surface area contributed by atoms with Crippen LogP contribution in [0.25, 0.3) is 0 Å². The lowest BCUT2D eigenvalue weighted by atomic mass is 10.1. The Bertz CT molecular complexity index is 1190. The van der Waals surface area contributed by atoms with Crippen molar-refractivity contribution in [1.82, 2.24) is 5.32 Å². The molecule has 31 heavy (non-hydrogen) atoms. The van der Waals surface area contributed by atoms with Crippen LogP contribution < -0.4 is 15.4 Å². The van der Waals surface area contributed by atoms with Crippen molar-refractivity contribution in [2.75, 3.05) is 19.0 Å². The van der Waals surface area contributed by atoms with Crippen molar-refractivity contribution >= 4 is 39.0 Å². The zero-order valence-electron chi connectivity index (χ0n) is 17.0. The fraction of sp³-hybridized carbons (Fsp3) is 0.333. The number of esters is 1. The average Bonchev–Trinajstić information content (AvgIpc) is 3.53. The molecule has 8 nitrogen and oxygen atoms in total. The first kappa shape index (κ1) is 21.6. The lowest BCUT2D eigenvalue weighted by molar-refractivity contribution is -0.115. The Hall–Kier alpha value is -2.62. The summed E-state index contributed by atoms with van der Waals surface area (Å²) in [6, 6.07) is 6.19. The van der Waals surface area contributed by atoms with Gasteiger partial charge in [-0.1, -0.05) is 11.6 Å². The standard InChI is InChI=1S/C21H21ClN2O6S/c1-11-5-12(21(26)29-2)7-17-19(11)30-20-13(10-31(17,27)28)6-15(8-16(20)22)24-18(25)9-23-14-3-4-14/h5-8,14,23H,3-4,9-10H2,1-2H3,(H,24,25). The van der Waals surface area contributed by atoms with Crippen molar-refractivity contribution in [3.8, 4) is 11.5 Å². The van der Waals surface area contributed by atoms with E-state index in [1.807, 2.05) is 0 Å². The number of hydrogen-bond donors (Lipinski definition) is 2. The summed E-state index contributed by atoms with van der Waals surface area (Å²) in [6.45, 7) is 1.80. The molecule has 1 amide bonds. The molecule has 0 atom stereocenters. The van der Waals surface area contributed by atoms with E-state index in [-0.39, 0.29) is 39.4 Å². The lowest BCUT2D eigenvalue weighted by Gasteiger charge is -2.14. The molecule has 10 heteroatoms. The predicted molar refractivity (Wildman–Crippen MR) is 115 cm³/mol. The average molecular weight is 465 g/mol. The van der Waals surface area contributed by atoms with Crippen molar-refractivity contribution < 1.29 is 27.5 Å². The van der Waals surface area contributed by atoms with E-state index < -0.39 is 21.6 Å². The first-order chi connectivity index (χ1) is 14.7. The van der Waals surface area contributed by atoms with E-state index in [9.17, 15) is 18.0 Å². The molecule has 1 aliphatic carbocycles. The summed E-state index contributed by atoms with van der Waals surface area (Å²) in [6.07, 6.45) is 2.12. The first-order valence-corrected chi connectivity index (χ1v) is 11.7. The van der Waals surface area contributed by atoms with Crippen LogP contribution >= 0.6 is 11.6 Å². The summed E-state index contributed by atoms with van der Waals surface area (Å²) in [5.74, 6) is -0.984. The number of rotatable bonds is 5. The van der Waals surface area contributed by atoms with Gasteiger partial charge in [0.15, 0.2) is 9.84 Å². The minimum absolute atomic E-state index is 0.110. The molecule has 2 N–H and O–H groups in total. The molecule has 1 aliphatic heterocycles. The highest BCUT2D eigenvalue weighted by Crippen LogP contribution is 2.44. The summed E-state index contributed by atoms with van der Waals surface area (Å²) in [5, 5.41) is 6.01. The number of nitrogens with one attached hydrogen (secondary N) is 2. The van der Waals surface area contributed by atoms with E-state index in [2.05, 4.69) is 10.6 Å². The van der Waals surface area contributed by atoms with Crippen molar-refractivity contribution in [2.24, 2.45) is 0 Å². The summed E-state index contributed by atoms with van der Waals surface area (Å²) in [4.78, 5) is 24.0. The third-order valence-corrected chi connectivity index (χ3v) is 7.02. The number of amides is 1. The monoisotopic (exact) mass is 464 g/mol. The molecule has 0 aromatic heterocycles. The Morgan fingerprint density at radius 3 is 2.61 bits per heavy atom. The maximum atomic E-state index is 13.1. The van der Waals surface area contributed by atoms with E-state index in [1.54, 1.807) is 6.92 Å². The molecule has 2 aromatic carbocycles. The number of carbonyl (C=O) groups is 2. The maximum Gasteiger partial charge on any atom is 0.337 e. The molecule has 2 aliphatic rings. The lowest BCUT2D eigenvalue weighted by Crippen LogP contribution is -2.29. The molecular weight excluding hydrogens is 444 g/mol. The number of fused-ring (bicyclic) bond motifs is 2. The van der Waals surface area contributed by atoms with Crippen LogP contribution in [-0.4, -0.2) is 40.0 Å². The number of ether oxygens (including phenoxy) is 2. The summed E-state index contributed by atoms with van der Waals surface area (Å²) < 4.78 is 36.9. The van der Waals surface area contributed by atoms with Crippen LogP contribution in [-0.2, 0) is 25.1 Å². The molecule has 1 fully saturated rings. The van der Waals surface area contributed by atoms with Crippen molar-refractivity contribution in [2.45, 2.75) is 36.5 Å². The largest absolute Gasteiger partial charge is 0.465 e. The van der Waals surface area contributed by atoms with Crippen LogP contribution in [0.3, 0.4) is 0 Å². The van der Waals surface area contributed by atoms with Gasteiger partial charge >= 0.3 is 5.97 Å². The van der Waals surface area contributed by atoms with Crippen molar-refractivity contribution in [3.63, 3.8) is 0 Å². The minimum Gasteiger partial charge on any atom is -0.465 e. The van der Waals surface area contributed by atoms with Gasteiger partial charge in [0.05, 0.1) is 30.0 Å². The van der Waals surface area contributed by atoms with Crippen LogP contribution in [0, 0.1) is 6.92 Å². The normalized spacial score (nSPS) is 16.4. The number of halogens is 1. The molecule has 4 rings (SSSR count). The Labute approximate surface area is 184 Å².